The van der Waals surface area contributed by atoms with Gasteiger partial charge >= 0.3 is 0 Å². The van der Waals surface area contributed by atoms with Crippen LogP contribution in [0.25, 0.3) is 10.2 Å². The molecule has 24 heavy (non-hydrogen) atoms. The predicted molar refractivity (Wildman–Crippen MR) is 97.4 cm³/mol. The Morgan fingerprint density at radius 2 is 1.92 bits per heavy atom. The summed E-state index contributed by atoms with van der Waals surface area (Å²) in [5.41, 5.74) is 0. The van der Waals surface area contributed by atoms with Gasteiger partial charge in [-0.05, 0) is 37.1 Å². The minimum atomic E-state index is 0.254. The fourth-order valence-corrected chi connectivity index (χ4v) is 4.68. The zero-order valence-electron chi connectivity index (χ0n) is 13.9. The van der Waals surface area contributed by atoms with E-state index >= 15 is 0 Å². The predicted octanol–water partition coefficient (Wildman–Crippen LogP) is 3.36. The average Bonchev–Trinajstić information content (AvgIpc) is 3.12. The van der Waals surface area contributed by atoms with E-state index in [4.69, 9.17) is 0 Å². The van der Waals surface area contributed by atoms with Gasteiger partial charge in [0.05, 0.1) is 5.39 Å². The van der Waals surface area contributed by atoms with Gasteiger partial charge in [-0.1, -0.05) is 19.3 Å². The number of hydrogen-bond donors (Lipinski definition) is 1. The summed E-state index contributed by atoms with van der Waals surface area (Å²) in [6, 6.07) is 2.42. The highest BCUT2D eigenvalue weighted by molar-refractivity contribution is 7.16. The van der Waals surface area contributed by atoms with Crippen LogP contribution in [0.2, 0.25) is 0 Å². The van der Waals surface area contributed by atoms with Crippen molar-refractivity contribution in [3.05, 3.63) is 17.8 Å². The lowest BCUT2D eigenvalue weighted by Gasteiger charge is -2.34. The van der Waals surface area contributed by atoms with E-state index in [1.165, 1.54) is 19.3 Å². The van der Waals surface area contributed by atoms with E-state index < -0.39 is 0 Å². The van der Waals surface area contributed by atoms with Crippen molar-refractivity contribution in [2.45, 2.75) is 51.0 Å². The van der Waals surface area contributed by atoms with Crippen LogP contribution in [0, 0.1) is 5.92 Å². The zero-order valence-corrected chi connectivity index (χ0v) is 14.7. The molecule has 0 unspecified atom stereocenters. The Balaban J connectivity index is 1.35. The lowest BCUT2D eigenvalue weighted by molar-refractivity contribution is -0.126. The maximum Gasteiger partial charge on any atom is 0.223 e. The third-order valence-electron chi connectivity index (χ3n) is 5.36. The Morgan fingerprint density at radius 3 is 2.71 bits per heavy atom. The van der Waals surface area contributed by atoms with Gasteiger partial charge in [0.2, 0.25) is 5.91 Å². The first kappa shape index (κ1) is 15.8. The van der Waals surface area contributed by atoms with Crippen LogP contribution in [0.1, 0.15) is 44.9 Å². The molecule has 1 saturated carbocycles. The molecule has 3 heterocycles. The zero-order chi connectivity index (χ0) is 16.4. The number of anilines is 1. The normalized spacial score (nSPS) is 20.4. The van der Waals surface area contributed by atoms with Crippen molar-refractivity contribution < 1.29 is 4.79 Å². The summed E-state index contributed by atoms with van der Waals surface area (Å²) >= 11 is 1.66. The first-order valence-electron chi connectivity index (χ1n) is 9.05. The summed E-state index contributed by atoms with van der Waals surface area (Å²) in [7, 11) is 0. The molecular weight excluding hydrogens is 320 g/mol. The molecule has 1 N–H and O–H groups in total. The number of carbonyl (C=O) groups excluding carboxylic acids is 1. The number of hydrogen-bond acceptors (Lipinski definition) is 5. The van der Waals surface area contributed by atoms with Crippen molar-refractivity contribution in [3.63, 3.8) is 0 Å². The Morgan fingerprint density at radius 1 is 1.12 bits per heavy atom. The molecule has 1 aliphatic carbocycles. The van der Waals surface area contributed by atoms with Crippen LogP contribution >= 0.6 is 11.3 Å². The van der Waals surface area contributed by atoms with E-state index in [2.05, 4.69) is 31.6 Å². The van der Waals surface area contributed by atoms with Crippen LogP contribution in [0.5, 0.6) is 0 Å². The molecule has 5 nitrogen and oxygen atoms in total. The van der Waals surface area contributed by atoms with E-state index in [0.717, 1.165) is 54.8 Å². The van der Waals surface area contributed by atoms with E-state index in [1.807, 2.05) is 0 Å². The number of fused-ring (bicyclic) bond motifs is 1. The molecule has 2 aromatic rings. The SMILES string of the molecule is O=C(NC1CCN(c2ncnc3sccc23)CC1)C1CCCCC1. The largest absolute Gasteiger partial charge is 0.356 e. The van der Waals surface area contributed by atoms with Gasteiger partial charge in [-0.2, -0.15) is 0 Å². The Kier molecular flexibility index (Phi) is 4.65. The van der Waals surface area contributed by atoms with Gasteiger partial charge in [-0.25, -0.2) is 9.97 Å². The molecule has 6 heteroatoms. The molecule has 0 radical (unpaired) electrons. The molecule has 0 atom stereocenters. The fraction of sp³-hybridized carbons (Fsp3) is 0.611. The number of rotatable bonds is 3. The number of nitrogens with zero attached hydrogens (tertiary/aromatic N) is 3. The topological polar surface area (TPSA) is 58.1 Å². The molecule has 2 aliphatic rings. The summed E-state index contributed by atoms with van der Waals surface area (Å²) in [6.07, 6.45) is 9.50. The van der Waals surface area contributed by atoms with Gasteiger partial charge in [0.15, 0.2) is 0 Å². The molecule has 4 rings (SSSR count). The number of aromatic nitrogens is 2. The summed E-state index contributed by atoms with van der Waals surface area (Å²) in [4.78, 5) is 24.6. The van der Waals surface area contributed by atoms with Gasteiger partial charge in [0.25, 0.3) is 0 Å². The minimum absolute atomic E-state index is 0.254. The highest BCUT2D eigenvalue weighted by Crippen LogP contribution is 2.29. The van der Waals surface area contributed by atoms with Crippen LogP contribution in [-0.2, 0) is 4.79 Å². The van der Waals surface area contributed by atoms with E-state index in [0.29, 0.717) is 6.04 Å². The maximum atomic E-state index is 12.4. The average molecular weight is 344 g/mol. The van der Waals surface area contributed by atoms with E-state index in [9.17, 15) is 4.79 Å². The molecule has 0 spiro atoms. The Hall–Kier alpha value is -1.69. The second kappa shape index (κ2) is 7.05. The first-order chi connectivity index (χ1) is 11.8. The molecule has 1 aliphatic heterocycles. The molecule has 128 valence electrons. The number of amides is 1. The van der Waals surface area contributed by atoms with Gasteiger partial charge in [-0.15, -0.1) is 11.3 Å². The minimum Gasteiger partial charge on any atom is -0.356 e. The van der Waals surface area contributed by atoms with Gasteiger partial charge in [-0.3, -0.25) is 4.79 Å². The third kappa shape index (κ3) is 3.24. The van der Waals surface area contributed by atoms with Crippen molar-refractivity contribution in [1.29, 1.82) is 0 Å². The van der Waals surface area contributed by atoms with Gasteiger partial charge < -0.3 is 10.2 Å². The van der Waals surface area contributed by atoms with Crippen molar-refractivity contribution in [2.75, 3.05) is 18.0 Å². The molecule has 2 fully saturated rings. The lowest BCUT2D eigenvalue weighted by Crippen LogP contribution is -2.46. The van der Waals surface area contributed by atoms with Crippen molar-refractivity contribution >= 4 is 33.3 Å². The second-order valence-electron chi connectivity index (χ2n) is 6.94. The maximum absolute atomic E-state index is 12.4. The van der Waals surface area contributed by atoms with Crippen LogP contribution in [0.3, 0.4) is 0 Å². The van der Waals surface area contributed by atoms with Crippen molar-refractivity contribution in [3.8, 4) is 0 Å². The standard InChI is InChI=1S/C18H24N4OS/c23-17(13-4-2-1-3-5-13)21-14-6-9-22(10-7-14)16-15-8-11-24-18(15)20-12-19-16/h8,11-14H,1-7,9-10H2,(H,21,23). The second-order valence-corrected chi connectivity index (χ2v) is 7.84. The number of thiophene rings is 1. The monoisotopic (exact) mass is 344 g/mol. The van der Waals surface area contributed by atoms with Crippen LogP contribution in [-0.4, -0.2) is 35.0 Å². The highest BCUT2D eigenvalue weighted by atomic mass is 32.1. The van der Waals surface area contributed by atoms with Gasteiger partial charge in [0, 0.05) is 25.0 Å². The smallest absolute Gasteiger partial charge is 0.223 e. The summed E-state index contributed by atoms with van der Waals surface area (Å²) < 4.78 is 0. The summed E-state index contributed by atoms with van der Waals surface area (Å²) in [5.74, 6) is 1.58. The summed E-state index contributed by atoms with van der Waals surface area (Å²) in [6.45, 7) is 1.88. The third-order valence-corrected chi connectivity index (χ3v) is 6.18. The summed E-state index contributed by atoms with van der Waals surface area (Å²) in [5, 5.41) is 6.51. The Labute approximate surface area is 146 Å². The molecule has 0 bridgehead atoms. The van der Waals surface area contributed by atoms with Crippen LogP contribution in [0.15, 0.2) is 17.8 Å². The van der Waals surface area contributed by atoms with Crippen LogP contribution in [0.4, 0.5) is 5.82 Å². The lowest BCUT2D eigenvalue weighted by atomic mass is 9.88. The number of piperidine rings is 1. The first-order valence-corrected chi connectivity index (χ1v) is 9.93. The van der Waals surface area contributed by atoms with E-state index in [1.54, 1.807) is 17.7 Å². The van der Waals surface area contributed by atoms with Crippen molar-refractivity contribution in [2.24, 2.45) is 5.92 Å². The quantitative estimate of drug-likeness (QED) is 0.927. The van der Waals surface area contributed by atoms with Crippen LogP contribution < -0.4 is 10.2 Å². The molecular formula is C18H24N4OS. The highest BCUT2D eigenvalue weighted by Gasteiger charge is 2.26. The fourth-order valence-electron chi connectivity index (χ4n) is 3.95. The molecule has 2 aromatic heterocycles. The van der Waals surface area contributed by atoms with Crippen molar-refractivity contribution in [1.82, 2.24) is 15.3 Å². The number of nitrogens with one attached hydrogen (secondary N) is 1. The molecule has 1 amide bonds. The molecule has 0 aromatic carbocycles. The molecule has 1 saturated heterocycles. The van der Waals surface area contributed by atoms with E-state index in [-0.39, 0.29) is 11.8 Å². The van der Waals surface area contributed by atoms with Gasteiger partial charge in [0.1, 0.15) is 17.0 Å². The Bertz CT molecular complexity index is 702. The number of carbonyl (C=O) groups is 1.